The second-order valence-corrected chi connectivity index (χ2v) is 5.42. The monoisotopic (exact) mass is 264 g/mol. The van der Waals surface area contributed by atoms with Gasteiger partial charge in [-0.1, -0.05) is 6.42 Å². The zero-order chi connectivity index (χ0) is 13.2. The van der Waals surface area contributed by atoms with Crippen LogP contribution in [0.15, 0.2) is 12.1 Å². The summed E-state index contributed by atoms with van der Waals surface area (Å²) < 4.78 is 19.9. The van der Waals surface area contributed by atoms with Gasteiger partial charge in [0.2, 0.25) is 0 Å². The minimum Gasteiger partial charge on any atom is -0.490 e. The quantitative estimate of drug-likeness (QED) is 0.888. The third-order valence-electron chi connectivity index (χ3n) is 4.16. The van der Waals surface area contributed by atoms with Crippen LogP contribution in [0.1, 0.15) is 37.8 Å². The first-order valence-corrected chi connectivity index (χ1v) is 7.20. The van der Waals surface area contributed by atoms with E-state index in [1.165, 1.54) is 19.3 Å². The Bertz CT molecular complexity index is 458. The first kappa shape index (κ1) is 12.7. The number of likely N-dealkylation sites (tertiary alicyclic amines) is 1. The number of nitrogens with zero attached hydrogens (tertiary/aromatic N) is 1. The van der Waals surface area contributed by atoms with Gasteiger partial charge >= 0.3 is 0 Å². The van der Waals surface area contributed by atoms with Crippen molar-refractivity contribution < 1.29 is 9.13 Å². The van der Waals surface area contributed by atoms with E-state index in [0.29, 0.717) is 6.61 Å². The Morgan fingerprint density at radius 1 is 1.26 bits per heavy atom. The van der Waals surface area contributed by atoms with E-state index in [0.717, 1.165) is 36.6 Å². The Kier molecular flexibility index (Phi) is 3.60. The van der Waals surface area contributed by atoms with Crippen LogP contribution in [0.3, 0.4) is 0 Å². The lowest BCUT2D eigenvalue weighted by Crippen LogP contribution is -2.32. The zero-order valence-electron chi connectivity index (χ0n) is 11.4. The molecule has 3 nitrogen and oxygen atoms in total. The van der Waals surface area contributed by atoms with E-state index in [2.05, 4.69) is 17.1 Å². The van der Waals surface area contributed by atoms with E-state index in [9.17, 15) is 4.39 Å². The second kappa shape index (κ2) is 5.37. The van der Waals surface area contributed by atoms with Crippen molar-refractivity contribution in [3.8, 4) is 5.75 Å². The lowest BCUT2D eigenvalue weighted by Gasteiger charge is -2.33. The van der Waals surface area contributed by atoms with E-state index < -0.39 is 0 Å². The highest BCUT2D eigenvalue weighted by Gasteiger charge is 2.23. The average molecular weight is 264 g/mol. The molecule has 1 saturated heterocycles. The van der Waals surface area contributed by atoms with Crippen LogP contribution in [-0.2, 0) is 0 Å². The van der Waals surface area contributed by atoms with Crippen LogP contribution in [0.25, 0.3) is 0 Å². The van der Waals surface area contributed by atoms with Gasteiger partial charge in [-0.3, -0.25) is 4.90 Å². The lowest BCUT2D eigenvalue weighted by atomic mass is 10.0. The summed E-state index contributed by atoms with van der Waals surface area (Å²) in [5.74, 6) is 0.654. The molecule has 0 bridgehead atoms. The van der Waals surface area contributed by atoms with Crippen LogP contribution in [-0.4, -0.2) is 31.1 Å². The standard InChI is InChI=1S/C15H21FN2O/c1-11(18-6-3-2-4-7-18)12-9-15-14(10-13(12)16)17-5-8-19-15/h9-11,17H,2-8H2,1H3. The van der Waals surface area contributed by atoms with Crippen molar-refractivity contribution in [2.45, 2.75) is 32.2 Å². The Morgan fingerprint density at radius 2 is 2.05 bits per heavy atom. The predicted molar refractivity (Wildman–Crippen MR) is 74.2 cm³/mol. The molecule has 2 aliphatic rings. The van der Waals surface area contributed by atoms with Gasteiger partial charge in [-0.05, 0) is 38.9 Å². The van der Waals surface area contributed by atoms with E-state index in [4.69, 9.17) is 4.74 Å². The molecule has 3 rings (SSSR count). The Morgan fingerprint density at radius 3 is 2.84 bits per heavy atom. The van der Waals surface area contributed by atoms with Gasteiger partial charge in [0.1, 0.15) is 18.2 Å². The third-order valence-corrected chi connectivity index (χ3v) is 4.16. The molecule has 19 heavy (non-hydrogen) atoms. The van der Waals surface area contributed by atoms with Crippen LogP contribution in [0.2, 0.25) is 0 Å². The summed E-state index contributed by atoms with van der Waals surface area (Å²) in [6.07, 6.45) is 3.73. The maximum atomic E-state index is 14.3. The molecular formula is C15H21FN2O. The van der Waals surface area contributed by atoms with Crippen LogP contribution in [0, 0.1) is 5.82 Å². The molecule has 0 spiro atoms. The molecule has 4 heteroatoms. The fourth-order valence-corrected chi connectivity index (χ4v) is 3.00. The fraction of sp³-hybridized carbons (Fsp3) is 0.600. The number of rotatable bonds is 2. The SMILES string of the molecule is CC(c1cc2c(cc1F)NCCO2)N1CCCCC1. The number of hydrogen-bond donors (Lipinski definition) is 1. The zero-order valence-corrected chi connectivity index (χ0v) is 11.4. The molecule has 1 aromatic carbocycles. The van der Waals surface area contributed by atoms with Gasteiger partial charge in [-0.2, -0.15) is 0 Å². The summed E-state index contributed by atoms with van der Waals surface area (Å²) >= 11 is 0. The van der Waals surface area contributed by atoms with Gasteiger partial charge in [0.25, 0.3) is 0 Å². The Balaban J connectivity index is 1.86. The molecule has 0 amide bonds. The highest BCUT2D eigenvalue weighted by molar-refractivity contribution is 5.59. The van der Waals surface area contributed by atoms with Crippen molar-refractivity contribution in [1.29, 1.82) is 0 Å². The number of ether oxygens (including phenoxy) is 1. The molecule has 2 aliphatic heterocycles. The van der Waals surface area contributed by atoms with Gasteiger partial charge in [0, 0.05) is 24.2 Å². The molecule has 1 aromatic rings. The first-order valence-electron chi connectivity index (χ1n) is 7.20. The van der Waals surface area contributed by atoms with E-state index >= 15 is 0 Å². The molecule has 1 atom stereocenters. The molecule has 1 fully saturated rings. The maximum absolute atomic E-state index is 14.3. The number of hydrogen-bond acceptors (Lipinski definition) is 3. The van der Waals surface area contributed by atoms with Gasteiger partial charge in [0.05, 0.1) is 5.69 Å². The summed E-state index contributed by atoms with van der Waals surface area (Å²) in [4.78, 5) is 2.37. The summed E-state index contributed by atoms with van der Waals surface area (Å²) in [6, 6.07) is 3.57. The van der Waals surface area contributed by atoms with Gasteiger partial charge in [0.15, 0.2) is 0 Å². The van der Waals surface area contributed by atoms with Crippen LogP contribution >= 0.6 is 0 Å². The van der Waals surface area contributed by atoms with Crippen molar-refractivity contribution in [2.24, 2.45) is 0 Å². The summed E-state index contributed by atoms with van der Waals surface area (Å²) in [6.45, 7) is 5.61. The Hall–Kier alpha value is -1.29. The smallest absolute Gasteiger partial charge is 0.143 e. The minimum absolute atomic E-state index is 0.121. The maximum Gasteiger partial charge on any atom is 0.143 e. The average Bonchev–Trinajstić information content (AvgIpc) is 2.47. The van der Waals surface area contributed by atoms with Gasteiger partial charge < -0.3 is 10.1 Å². The normalized spacial score (nSPS) is 21.2. The molecule has 1 unspecified atom stereocenters. The van der Waals surface area contributed by atoms with Crippen molar-refractivity contribution in [1.82, 2.24) is 4.90 Å². The topological polar surface area (TPSA) is 24.5 Å². The fourth-order valence-electron chi connectivity index (χ4n) is 3.00. The van der Waals surface area contributed by atoms with Gasteiger partial charge in [-0.25, -0.2) is 4.39 Å². The van der Waals surface area contributed by atoms with Gasteiger partial charge in [-0.15, -0.1) is 0 Å². The predicted octanol–water partition coefficient (Wildman–Crippen LogP) is 3.18. The number of piperidine rings is 1. The number of anilines is 1. The minimum atomic E-state index is -0.130. The summed E-state index contributed by atoms with van der Waals surface area (Å²) in [7, 11) is 0. The largest absolute Gasteiger partial charge is 0.490 e. The number of fused-ring (bicyclic) bond motifs is 1. The highest BCUT2D eigenvalue weighted by atomic mass is 19.1. The molecule has 104 valence electrons. The van der Waals surface area contributed by atoms with Crippen LogP contribution in [0.4, 0.5) is 10.1 Å². The number of halogens is 1. The molecular weight excluding hydrogens is 243 g/mol. The summed E-state index contributed by atoms with van der Waals surface area (Å²) in [5.41, 5.74) is 1.53. The van der Waals surface area contributed by atoms with Crippen molar-refractivity contribution in [3.05, 3.63) is 23.5 Å². The Labute approximate surface area is 113 Å². The molecule has 2 heterocycles. The van der Waals surface area contributed by atoms with Crippen molar-refractivity contribution in [3.63, 3.8) is 0 Å². The highest BCUT2D eigenvalue weighted by Crippen LogP contribution is 2.35. The molecule has 0 saturated carbocycles. The molecule has 0 aliphatic carbocycles. The van der Waals surface area contributed by atoms with E-state index in [1.54, 1.807) is 6.07 Å². The molecule has 0 radical (unpaired) electrons. The van der Waals surface area contributed by atoms with Crippen molar-refractivity contribution in [2.75, 3.05) is 31.6 Å². The lowest BCUT2D eigenvalue weighted by molar-refractivity contribution is 0.171. The molecule has 0 aromatic heterocycles. The first-order chi connectivity index (χ1) is 9.25. The summed E-state index contributed by atoms with van der Waals surface area (Å²) in [5, 5.41) is 3.17. The third kappa shape index (κ3) is 2.54. The van der Waals surface area contributed by atoms with Crippen LogP contribution in [0.5, 0.6) is 5.75 Å². The van der Waals surface area contributed by atoms with E-state index in [1.807, 2.05) is 6.07 Å². The second-order valence-electron chi connectivity index (χ2n) is 5.42. The van der Waals surface area contributed by atoms with Crippen molar-refractivity contribution >= 4 is 5.69 Å². The number of benzene rings is 1. The van der Waals surface area contributed by atoms with Crippen LogP contribution < -0.4 is 10.1 Å². The number of nitrogens with one attached hydrogen (secondary N) is 1. The van der Waals surface area contributed by atoms with E-state index in [-0.39, 0.29) is 11.9 Å². The molecule has 1 N–H and O–H groups in total.